The molecule has 0 heterocycles. The highest BCUT2D eigenvalue weighted by Gasteiger charge is 2.24. The molecule has 7 nitrogen and oxygen atoms in total. The zero-order valence-electron chi connectivity index (χ0n) is 13.7. The number of amides is 1. The number of hydrogen-bond donors (Lipinski definition) is 1. The summed E-state index contributed by atoms with van der Waals surface area (Å²) >= 11 is 0. The molecule has 0 aliphatic carbocycles. The first-order chi connectivity index (χ1) is 10.6. The van der Waals surface area contributed by atoms with Crippen LogP contribution in [0.25, 0.3) is 0 Å². The third-order valence-electron chi connectivity index (χ3n) is 3.46. The number of sulfonamides is 1. The maximum absolute atomic E-state index is 12.5. The fourth-order valence-electron chi connectivity index (χ4n) is 1.98. The Hall–Kier alpha value is -1.93. The molecule has 128 valence electrons. The lowest BCUT2D eigenvalue weighted by atomic mass is 10.1. The highest BCUT2D eigenvalue weighted by Crippen LogP contribution is 2.20. The van der Waals surface area contributed by atoms with Gasteiger partial charge >= 0.3 is 5.97 Å². The molecule has 1 amide bonds. The molecular weight excluding hydrogens is 320 g/mol. The fraction of sp³-hybridized carbons (Fsp3) is 0.467. The molecule has 0 saturated heterocycles. The van der Waals surface area contributed by atoms with E-state index in [2.05, 4.69) is 0 Å². The molecule has 0 fully saturated rings. The van der Waals surface area contributed by atoms with E-state index in [1.807, 2.05) is 0 Å². The highest BCUT2D eigenvalue weighted by atomic mass is 32.2. The van der Waals surface area contributed by atoms with Crippen molar-refractivity contribution in [1.82, 2.24) is 4.31 Å². The fourth-order valence-corrected chi connectivity index (χ4v) is 3.46. The van der Waals surface area contributed by atoms with E-state index in [1.165, 1.54) is 29.4 Å². The topological polar surface area (TPSA) is 107 Å². The SMILES string of the molecule is CCN(CC)S(=O)(=O)c1ccc(C)c(C(=O)O[C@H](C)C(N)=O)c1. The summed E-state index contributed by atoms with van der Waals surface area (Å²) < 4.78 is 31.2. The van der Waals surface area contributed by atoms with Crippen LogP contribution in [0.2, 0.25) is 0 Å². The summed E-state index contributed by atoms with van der Waals surface area (Å²) in [6.45, 7) is 7.12. The van der Waals surface area contributed by atoms with E-state index in [1.54, 1.807) is 20.8 Å². The normalized spacial score (nSPS) is 12.9. The van der Waals surface area contributed by atoms with Gasteiger partial charge in [-0.3, -0.25) is 4.79 Å². The molecule has 0 bridgehead atoms. The summed E-state index contributed by atoms with van der Waals surface area (Å²) in [4.78, 5) is 23.1. The minimum Gasteiger partial charge on any atom is -0.449 e. The van der Waals surface area contributed by atoms with Crippen LogP contribution in [0, 0.1) is 6.92 Å². The van der Waals surface area contributed by atoms with Crippen LogP contribution < -0.4 is 5.73 Å². The van der Waals surface area contributed by atoms with Crippen LogP contribution in [0.3, 0.4) is 0 Å². The van der Waals surface area contributed by atoms with Crippen molar-refractivity contribution in [2.75, 3.05) is 13.1 Å². The van der Waals surface area contributed by atoms with Gasteiger partial charge in [0.1, 0.15) is 0 Å². The second-order valence-corrected chi connectivity index (χ2v) is 6.95. The molecule has 0 spiro atoms. The van der Waals surface area contributed by atoms with Gasteiger partial charge in [-0.05, 0) is 31.5 Å². The first-order valence-corrected chi connectivity index (χ1v) is 8.70. The summed E-state index contributed by atoms with van der Waals surface area (Å²) in [6.07, 6.45) is -1.09. The van der Waals surface area contributed by atoms with Crippen molar-refractivity contribution in [3.8, 4) is 0 Å². The smallest absolute Gasteiger partial charge is 0.339 e. The molecular formula is C15H22N2O5S. The molecule has 23 heavy (non-hydrogen) atoms. The Morgan fingerprint density at radius 3 is 2.30 bits per heavy atom. The van der Waals surface area contributed by atoms with Crippen LogP contribution in [0.5, 0.6) is 0 Å². The largest absolute Gasteiger partial charge is 0.449 e. The molecule has 8 heteroatoms. The predicted molar refractivity (Wildman–Crippen MR) is 85.4 cm³/mol. The van der Waals surface area contributed by atoms with Crippen LogP contribution in [0.15, 0.2) is 23.1 Å². The first kappa shape index (κ1) is 19.1. The number of nitrogens with zero attached hydrogens (tertiary/aromatic N) is 1. The van der Waals surface area contributed by atoms with Crippen molar-refractivity contribution in [2.45, 2.75) is 38.7 Å². The number of esters is 1. The molecule has 0 radical (unpaired) electrons. The minimum absolute atomic E-state index is 0.00507. The second kappa shape index (κ2) is 7.56. The summed E-state index contributed by atoms with van der Waals surface area (Å²) in [5, 5.41) is 0. The summed E-state index contributed by atoms with van der Waals surface area (Å²) in [7, 11) is -3.68. The van der Waals surface area contributed by atoms with E-state index in [0.717, 1.165) is 0 Å². The number of hydrogen-bond acceptors (Lipinski definition) is 5. The van der Waals surface area contributed by atoms with Gasteiger partial charge in [0.25, 0.3) is 5.91 Å². The predicted octanol–water partition coefficient (Wildman–Crippen LogP) is 1.06. The number of ether oxygens (including phenoxy) is 1. The van der Waals surface area contributed by atoms with Gasteiger partial charge in [0.05, 0.1) is 10.5 Å². The van der Waals surface area contributed by atoms with Crippen LogP contribution in [-0.4, -0.2) is 43.8 Å². The number of carbonyl (C=O) groups is 2. The van der Waals surface area contributed by atoms with E-state index < -0.39 is 28.0 Å². The number of nitrogens with two attached hydrogens (primary N) is 1. The lowest BCUT2D eigenvalue weighted by molar-refractivity contribution is -0.125. The standard InChI is InChI=1S/C15H22N2O5S/c1-5-17(6-2)23(20,21)12-8-7-10(3)13(9-12)15(19)22-11(4)14(16)18/h7-9,11H,5-6H2,1-4H3,(H2,16,18)/t11-/m1/s1. The van der Waals surface area contributed by atoms with Crippen LogP contribution in [0.1, 0.15) is 36.7 Å². The van der Waals surface area contributed by atoms with Crippen molar-refractivity contribution >= 4 is 21.9 Å². The van der Waals surface area contributed by atoms with E-state index >= 15 is 0 Å². The van der Waals surface area contributed by atoms with Gasteiger partial charge < -0.3 is 10.5 Å². The summed E-state index contributed by atoms with van der Waals surface area (Å²) in [5.74, 6) is -1.56. The number of primary amides is 1. The van der Waals surface area contributed by atoms with Gasteiger partial charge in [0.15, 0.2) is 6.10 Å². The van der Waals surface area contributed by atoms with Crippen molar-refractivity contribution in [3.63, 3.8) is 0 Å². The van der Waals surface area contributed by atoms with Gasteiger partial charge in [-0.15, -0.1) is 0 Å². The Balaban J connectivity index is 3.23. The minimum atomic E-state index is -3.68. The average molecular weight is 342 g/mol. The molecule has 1 rings (SSSR count). The van der Waals surface area contributed by atoms with Crippen molar-refractivity contribution < 1.29 is 22.7 Å². The highest BCUT2D eigenvalue weighted by molar-refractivity contribution is 7.89. The van der Waals surface area contributed by atoms with E-state index in [0.29, 0.717) is 18.7 Å². The van der Waals surface area contributed by atoms with Crippen molar-refractivity contribution in [3.05, 3.63) is 29.3 Å². The van der Waals surface area contributed by atoms with Gasteiger partial charge in [-0.1, -0.05) is 19.9 Å². The van der Waals surface area contributed by atoms with Gasteiger partial charge in [-0.2, -0.15) is 4.31 Å². The van der Waals surface area contributed by atoms with E-state index in [-0.39, 0.29) is 10.5 Å². The Labute approximate surface area is 136 Å². The molecule has 0 aliphatic heterocycles. The lowest BCUT2D eigenvalue weighted by Crippen LogP contribution is -2.31. The summed E-state index contributed by atoms with van der Waals surface area (Å²) in [6, 6.07) is 4.23. The molecule has 0 unspecified atom stereocenters. The monoisotopic (exact) mass is 342 g/mol. The van der Waals surface area contributed by atoms with E-state index in [4.69, 9.17) is 10.5 Å². The maximum Gasteiger partial charge on any atom is 0.339 e. The van der Waals surface area contributed by atoms with Gasteiger partial charge in [0.2, 0.25) is 10.0 Å². The van der Waals surface area contributed by atoms with Crippen molar-refractivity contribution in [2.24, 2.45) is 5.73 Å². The third kappa shape index (κ3) is 4.29. The number of aryl methyl sites for hydroxylation is 1. The molecule has 1 aromatic carbocycles. The quantitative estimate of drug-likeness (QED) is 0.746. The van der Waals surface area contributed by atoms with Crippen LogP contribution >= 0.6 is 0 Å². The third-order valence-corrected chi connectivity index (χ3v) is 5.50. The first-order valence-electron chi connectivity index (χ1n) is 7.26. The molecule has 1 aromatic rings. The Morgan fingerprint density at radius 1 is 1.26 bits per heavy atom. The van der Waals surface area contributed by atoms with Crippen LogP contribution in [0.4, 0.5) is 0 Å². The second-order valence-electron chi connectivity index (χ2n) is 5.02. The van der Waals surface area contributed by atoms with Crippen LogP contribution in [-0.2, 0) is 19.6 Å². The number of rotatable bonds is 7. The number of carbonyl (C=O) groups excluding carboxylic acids is 2. The Bertz CT molecular complexity index is 696. The zero-order chi connectivity index (χ0) is 17.8. The molecule has 1 atom stereocenters. The summed E-state index contributed by atoms with van der Waals surface area (Å²) in [5.41, 5.74) is 5.69. The molecule has 2 N–H and O–H groups in total. The Morgan fingerprint density at radius 2 is 1.83 bits per heavy atom. The molecule has 0 saturated carbocycles. The van der Waals surface area contributed by atoms with Gasteiger partial charge in [0, 0.05) is 13.1 Å². The molecule has 0 aliphatic rings. The zero-order valence-corrected chi connectivity index (χ0v) is 14.5. The number of benzene rings is 1. The maximum atomic E-state index is 12.5. The Kier molecular flexibility index (Phi) is 6.28. The van der Waals surface area contributed by atoms with Gasteiger partial charge in [-0.25, -0.2) is 13.2 Å². The van der Waals surface area contributed by atoms with E-state index in [9.17, 15) is 18.0 Å². The lowest BCUT2D eigenvalue weighted by Gasteiger charge is -2.19. The average Bonchev–Trinajstić information content (AvgIpc) is 2.48. The van der Waals surface area contributed by atoms with Crippen molar-refractivity contribution in [1.29, 1.82) is 0 Å². The molecule has 0 aromatic heterocycles.